The van der Waals surface area contributed by atoms with Crippen LogP contribution in [0.25, 0.3) is 0 Å². The van der Waals surface area contributed by atoms with Gasteiger partial charge in [-0.2, -0.15) is 5.26 Å². The predicted octanol–water partition coefficient (Wildman–Crippen LogP) is 1.30. The number of anilines is 1. The molecule has 0 N–H and O–H groups in total. The lowest BCUT2D eigenvalue weighted by Crippen LogP contribution is -2.37. The normalized spacial score (nSPS) is 21.2. The summed E-state index contributed by atoms with van der Waals surface area (Å²) in [5.74, 6) is 3.24. The molecule has 0 amide bonds. The van der Waals surface area contributed by atoms with Crippen LogP contribution in [0.15, 0.2) is 18.2 Å². The fourth-order valence-corrected chi connectivity index (χ4v) is 3.89. The topological polar surface area (TPSA) is 83.1 Å². The van der Waals surface area contributed by atoms with Gasteiger partial charge < -0.3 is 14.2 Å². The van der Waals surface area contributed by atoms with Gasteiger partial charge in [-0.05, 0) is 25.0 Å². The molecular weight excluding hydrogens is 342 g/mol. The van der Waals surface area contributed by atoms with Gasteiger partial charge in [0, 0.05) is 39.1 Å². The maximum Gasteiger partial charge on any atom is 0.146 e. The maximum absolute atomic E-state index is 9.10. The van der Waals surface area contributed by atoms with Crippen molar-refractivity contribution in [3.8, 4) is 6.07 Å². The summed E-state index contributed by atoms with van der Waals surface area (Å²) in [6.07, 6.45) is 2.17. The Morgan fingerprint density at radius 3 is 2.89 bits per heavy atom. The minimum absolute atomic E-state index is 0.322. The minimum atomic E-state index is 0.322. The van der Waals surface area contributed by atoms with Gasteiger partial charge in [0.15, 0.2) is 0 Å². The van der Waals surface area contributed by atoms with Gasteiger partial charge >= 0.3 is 0 Å². The van der Waals surface area contributed by atoms with Gasteiger partial charge in [0.2, 0.25) is 0 Å². The number of aromatic nitrogens is 4. The average Bonchev–Trinajstić information content (AvgIpc) is 3.09. The van der Waals surface area contributed by atoms with E-state index < -0.39 is 0 Å². The molecule has 0 aromatic carbocycles. The first kappa shape index (κ1) is 17.9. The molecule has 2 aromatic heterocycles. The van der Waals surface area contributed by atoms with E-state index in [1.807, 2.05) is 12.1 Å². The van der Waals surface area contributed by atoms with Crippen molar-refractivity contribution < 1.29 is 4.74 Å². The molecule has 2 aromatic rings. The third-order valence-electron chi connectivity index (χ3n) is 5.43. The van der Waals surface area contributed by atoms with Crippen LogP contribution in [-0.4, -0.2) is 64.0 Å². The first-order chi connectivity index (χ1) is 13.2. The van der Waals surface area contributed by atoms with Crippen molar-refractivity contribution in [3.63, 3.8) is 0 Å². The molecule has 0 aliphatic carbocycles. The van der Waals surface area contributed by atoms with Crippen LogP contribution in [0.3, 0.4) is 0 Å². The Morgan fingerprint density at radius 1 is 1.22 bits per heavy atom. The third kappa shape index (κ3) is 3.94. The molecule has 2 saturated heterocycles. The minimum Gasteiger partial charge on any atom is -0.379 e. The molecule has 0 bridgehead atoms. The number of ether oxygens (including phenoxy) is 1. The Balaban J connectivity index is 1.47. The first-order valence-electron chi connectivity index (χ1n) is 9.55. The molecular formula is C19H25N7O. The van der Waals surface area contributed by atoms with E-state index in [-0.39, 0.29) is 0 Å². The predicted molar refractivity (Wildman–Crippen MR) is 100 cm³/mol. The highest BCUT2D eigenvalue weighted by atomic mass is 16.5. The zero-order valence-corrected chi connectivity index (χ0v) is 15.7. The van der Waals surface area contributed by atoms with Gasteiger partial charge in [0.1, 0.15) is 29.2 Å². The van der Waals surface area contributed by atoms with Crippen LogP contribution in [0.5, 0.6) is 0 Å². The second kappa shape index (κ2) is 8.03. The van der Waals surface area contributed by atoms with E-state index in [4.69, 9.17) is 10.00 Å². The average molecular weight is 367 g/mol. The lowest BCUT2D eigenvalue weighted by atomic mass is 9.97. The van der Waals surface area contributed by atoms with E-state index in [2.05, 4.69) is 42.7 Å². The summed E-state index contributed by atoms with van der Waals surface area (Å²) in [4.78, 5) is 9.07. The molecule has 2 aliphatic heterocycles. The zero-order valence-electron chi connectivity index (χ0n) is 15.7. The summed E-state index contributed by atoms with van der Waals surface area (Å²) in [5, 5.41) is 18.1. The quantitative estimate of drug-likeness (QED) is 0.805. The van der Waals surface area contributed by atoms with E-state index in [1.54, 1.807) is 6.07 Å². The Morgan fingerprint density at radius 2 is 2.07 bits per heavy atom. The molecule has 0 spiro atoms. The lowest BCUT2D eigenvalue weighted by Gasteiger charge is -2.33. The molecule has 2 aliphatic rings. The van der Waals surface area contributed by atoms with Crippen molar-refractivity contribution in [2.75, 3.05) is 44.3 Å². The highest BCUT2D eigenvalue weighted by molar-refractivity contribution is 5.42. The Bertz CT molecular complexity index is 822. The van der Waals surface area contributed by atoms with Crippen LogP contribution in [-0.2, 0) is 18.3 Å². The molecule has 142 valence electrons. The highest BCUT2D eigenvalue weighted by Gasteiger charge is 2.27. The SMILES string of the molecule is Cn1c(CN2CCOCC2)nnc1C1CCCN(c2cccc(C#N)n2)C1. The van der Waals surface area contributed by atoms with E-state index >= 15 is 0 Å². The van der Waals surface area contributed by atoms with E-state index in [1.165, 1.54) is 0 Å². The van der Waals surface area contributed by atoms with Crippen molar-refractivity contribution in [2.45, 2.75) is 25.3 Å². The van der Waals surface area contributed by atoms with Gasteiger partial charge in [-0.3, -0.25) is 4.90 Å². The summed E-state index contributed by atoms with van der Waals surface area (Å²) in [6, 6.07) is 7.74. The Hall–Kier alpha value is -2.50. The highest BCUT2D eigenvalue weighted by Crippen LogP contribution is 2.28. The van der Waals surface area contributed by atoms with Crippen LogP contribution in [0.2, 0.25) is 0 Å². The second-order valence-corrected chi connectivity index (χ2v) is 7.20. The largest absolute Gasteiger partial charge is 0.379 e. The van der Waals surface area contributed by atoms with Gasteiger partial charge in [0.05, 0.1) is 19.8 Å². The molecule has 1 unspecified atom stereocenters. The van der Waals surface area contributed by atoms with Crippen LogP contribution in [0.1, 0.15) is 36.1 Å². The second-order valence-electron chi connectivity index (χ2n) is 7.20. The molecule has 27 heavy (non-hydrogen) atoms. The summed E-state index contributed by atoms with van der Waals surface area (Å²) in [5.41, 5.74) is 0.459. The molecule has 1 atom stereocenters. The number of nitriles is 1. The number of hydrogen-bond donors (Lipinski definition) is 0. The molecule has 8 nitrogen and oxygen atoms in total. The maximum atomic E-state index is 9.10. The Kier molecular flexibility index (Phi) is 5.32. The van der Waals surface area contributed by atoms with E-state index in [0.29, 0.717) is 11.6 Å². The van der Waals surface area contributed by atoms with Gasteiger partial charge in [-0.25, -0.2) is 4.98 Å². The van der Waals surface area contributed by atoms with Crippen molar-refractivity contribution in [3.05, 3.63) is 35.5 Å². The van der Waals surface area contributed by atoms with Gasteiger partial charge in [-0.15, -0.1) is 10.2 Å². The van der Waals surface area contributed by atoms with Crippen molar-refractivity contribution in [1.82, 2.24) is 24.6 Å². The fourth-order valence-electron chi connectivity index (χ4n) is 3.89. The van der Waals surface area contributed by atoms with E-state index in [9.17, 15) is 0 Å². The smallest absolute Gasteiger partial charge is 0.146 e. The summed E-state index contributed by atoms with van der Waals surface area (Å²) in [6.45, 7) is 6.09. The summed E-state index contributed by atoms with van der Waals surface area (Å²) in [7, 11) is 2.07. The van der Waals surface area contributed by atoms with Crippen LogP contribution in [0, 0.1) is 11.3 Å². The van der Waals surface area contributed by atoms with Gasteiger partial charge in [0.25, 0.3) is 0 Å². The number of nitrogens with zero attached hydrogens (tertiary/aromatic N) is 7. The molecule has 4 heterocycles. The van der Waals surface area contributed by atoms with Crippen LogP contribution < -0.4 is 4.90 Å². The zero-order chi connectivity index (χ0) is 18.6. The third-order valence-corrected chi connectivity index (χ3v) is 5.43. The number of piperidine rings is 1. The van der Waals surface area contributed by atoms with Gasteiger partial charge in [-0.1, -0.05) is 6.07 Å². The number of pyridine rings is 1. The molecule has 4 rings (SSSR count). The fraction of sp³-hybridized carbons (Fsp3) is 0.579. The molecule has 8 heteroatoms. The first-order valence-corrected chi connectivity index (χ1v) is 9.55. The number of rotatable bonds is 4. The number of morpholine rings is 1. The van der Waals surface area contributed by atoms with Crippen molar-refractivity contribution in [1.29, 1.82) is 5.26 Å². The molecule has 2 fully saturated rings. The lowest BCUT2D eigenvalue weighted by molar-refractivity contribution is 0.0326. The van der Waals surface area contributed by atoms with Crippen molar-refractivity contribution in [2.24, 2.45) is 7.05 Å². The Labute approximate surface area is 159 Å². The summed E-state index contributed by atoms with van der Waals surface area (Å²) >= 11 is 0. The van der Waals surface area contributed by atoms with Crippen molar-refractivity contribution >= 4 is 5.82 Å². The van der Waals surface area contributed by atoms with E-state index in [0.717, 1.165) is 76.2 Å². The van der Waals surface area contributed by atoms with Crippen LogP contribution in [0.4, 0.5) is 5.82 Å². The molecule has 0 radical (unpaired) electrons. The monoisotopic (exact) mass is 367 g/mol. The summed E-state index contributed by atoms with van der Waals surface area (Å²) < 4.78 is 7.58. The van der Waals surface area contributed by atoms with Crippen LogP contribution >= 0.6 is 0 Å². The molecule has 0 saturated carbocycles. The number of hydrogen-bond acceptors (Lipinski definition) is 7. The standard InChI is InChI=1S/C19H25N7O/c1-24-18(14-25-8-10-27-11-9-25)22-23-19(24)15-4-3-7-26(13-15)17-6-2-5-16(12-20)21-17/h2,5-6,15H,3-4,7-11,13-14H2,1H3.